The summed E-state index contributed by atoms with van der Waals surface area (Å²) in [6.45, 7) is 4.14. The monoisotopic (exact) mass is 333 g/mol. The van der Waals surface area contributed by atoms with Crippen molar-refractivity contribution in [2.24, 2.45) is 0 Å². The van der Waals surface area contributed by atoms with Gasteiger partial charge in [-0.2, -0.15) is 0 Å². The average Bonchev–Trinajstić information content (AvgIpc) is 2.61. The van der Waals surface area contributed by atoms with E-state index < -0.39 is 12.1 Å². The maximum absolute atomic E-state index is 12.1. The van der Waals surface area contributed by atoms with Crippen LogP contribution >= 0.6 is 0 Å². The standard InChI is InChI=1S/C18H23NO5/c1-13(8-9-15-6-4-3-5-7-15)19-17(20)14(2)24-18(21)16-12-22-10-11-23-16/h3-7,12-14H,8-11H2,1-2H3,(H,19,20)/t13-,14-/m0/s1. The van der Waals surface area contributed by atoms with E-state index in [0.29, 0.717) is 6.61 Å². The van der Waals surface area contributed by atoms with Gasteiger partial charge in [0.25, 0.3) is 5.91 Å². The Hall–Kier alpha value is -2.50. The van der Waals surface area contributed by atoms with Crippen molar-refractivity contribution in [1.82, 2.24) is 5.32 Å². The Labute approximate surface area is 141 Å². The van der Waals surface area contributed by atoms with E-state index in [1.165, 1.54) is 18.7 Å². The molecule has 0 bridgehead atoms. The molecule has 0 spiro atoms. The number of ether oxygens (including phenoxy) is 3. The Kier molecular flexibility index (Phi) is 6.66. The van der Waals surface area contributed by atoms with Crippen molar-refractivity contribution < 1.29 is 23.8 Å². The Bertz CT molecular complexity index is 584. The summed E-state index contributed by atoms with van der Waals surface area (Å²) < 4.78 is 15.2. The second-order valence-corrected chi connectivity index (χ2v) is 5.68. The van der Waals surface area contributed by atoms with Gasteiger partial charge >= 0.3 is 5.97 Å². The van der Waals surface area contributed by atoms with Crippen molar-refractivity contribution >= 4 is 11.9 Å². The fourth-order valence-electron chi connectivity index (χ4n) is 2.21. The summed E-state index contributed by atoms with van der Waals surface area (Å²) in [6.07, 6.45) is 1.98. The molecule has 0 saturated heterocycles. The van der Waals surface area contributed by atoms with Crippen molar-refractivity contribution in [2.75, 3.05) is 13.2 Å². The van der Waals surface area contributed by atoms with Gasteiger partial charge in [-0.1, -0.05) is 30.3 Å². The van der Waals surface area contributed by atoms with Gasteiger partial charge in [-0.3, -0.25) is 4.79 Å². The van der Waals surface area contributed by atoms with Crippen LogP contribution < -0.4 is 5.32 Å². The van der Waals surface area contributed by atoms with Crippen molar-refractivity contribution in [2.45, 2.75) is 38.8 Å². The van der Waals surface area contributed by atoms with Crippen LogP contribution in [0.15, 0.2) is 42.4 Å². The summed E-state index contributed by atoms with van der Waals surface area (Å²) in [7, 11) is 0. The van der Waals surface area contributed by atoms with Crippen LogP contribution in [0, 0.1) is 0 Å². The number of amides is 1. The molecule has 1 aliphatic heterocycles. The number of carbonyl (C=O) groups is 2. The Morgan fingerprint density at radius 3 is 2.62 bits per heavy atom. The van der Waals surface area contributed by atoms with Crippen LogP contribution in [0.1, 0.15) is 25.8 Å². The van der Waals surface area contributed by atoms with E-state index in [4.69, 9.17) is 14.2 Å². The second kappa shape index (κ2) is 8.96. The number of hydrogen-bond acceptors (Lipinski definition) is 5. The summed E-state index contributed by atoms with van der Waals surface area (Å²) in [6, 6.07) is 10.0. The summed E-state index contributed by atoms with van der Waals surface area (Å²) in [5.74, 6) is -1.05. The number of nitrogens with one attached hydrogen (secondary N) is 1. The van der Waals surface area contributed by atoms with Gasteiger partial charge in [0.1, 0.15) is 19.5 Å². The van der Waals surface area contributed by atoms with E-state index in [-0.39, 0.29) is 24.3 Å². The Morgan fingerprint density at radius 2 is 1.96 bits per heavy atom. The molecule has 24 heavy (non-hydrogen) atoms. The highest BCUT2D eigenvalue weighted by Crippen LogP contribution is 2.09. The molecule has 0 aromatic heterocycles. The van der Waals surface area contributed by atoms with Crippen molar-refractivity contribution in [3.8, 4) is 0 Å². The van der Waals surface area contributed by atoms with E-state index in [0.717, 1.165) is 12.8 Å². The molecule has 2 rings (SSSR count). The minimum absolute atomic E-state index is 0.0157. The zero-order valence-corrected chi connectivity index (χ0v) is 14.0. The smallest absolute Gasteiger partial charge is 0.377 e. The van der Waals surface area contributed by atoms with Crippen LogP contribution in [0.2, 0.25) is 0 Å². The highest BCUT2D eigenvalue weighted by atomic mass is 16.6. The van der Waals surface area contributed by atoms with Crippen molar-refractivity contribution in [3.05, 3.63) is 47.9 Å². The summed E-state index contributed by atoms with van der Waals surface area (Å²) in [4.78, 5) is 23.9. The molecule has 0 fully saturated rings. The molecule has 6 heteroatoms. The van der Waals surface area contributed by atoms with Gasteiger partial charge in [0.05, 0.1) is 0 Å². The first-order valence-electron chi connectivity index (χ1n) is 8.06. The molecule has 1 N–H and O–H groups in total. The fourth-order valence-corrected chi connectivity index (χ4v) is 2.21. The molecular weight excluding hydrogens is 310 g/mol. The highest BCUT2D eigenvalue weighted by molar-refractivity contribution is 5.89. The third-order valence-electron chi connectivity index (χ3n) is 3.60. The normalized spacial score (nSPS) is 16.0. The van der Waals surface area contributed by atoms with Gasteiger partial charge < -0.3 is 19.5 Å². The molecule has 1 aromatic rings. The highest BCUT2D eigenvalue weighted by Gasteiger charge is 2.23. The molecule has 0 unspecified atom stereocenters. The van der Waals surface area contributed by atoms with Gasteiger partial charge in [0.15, 0.2) is 6.10 Å². The molecule has 1 amide bonds. The molecule has 6 nitrogen and oxygen atoms in total. The molecule has 0 radical (unpaired) electrons. The van der Waals surface area contributed by atoms with Crippen LogP contribution in [-0.2, 0) is 30.2 Å². The third kappa shape index (κ3) is 5.61. The molecule has 1 heterocycles. The number of rotatable bonds is 7. The van der Waals surface area contributed by atoms with Gasteiger partial charge in [-0.05, 0) is 32.3 Å². The predicted octanol–water partition coefficient (Wildman–Crippen LogP) is 1.94. The summed E-state index contributed by atoms with van der Waals surface area (Å²) >= 11 is 0. The number of carbonyl (C=O) groups excluding carboxylic acids is 2. The summed E-state index contributed by atoms with van der Waals surface area (Å²) in [5.41, 5.74) is 1.22. The number of hydrogen-bond donors (Lipinski definition) is 1. The van der Waals surface area contributed by atoms with E-state index in [2.05, 4.69) is 17.4 Å². The lowest BCUT2D eigenvalue weighted by molar-refractivity contribution is -0.155. The molecule has 1 aromatic carbocycles. The number of benzene rings is 1. The molecule has 0 saturated carbocycles. The molecular formula is C18H23NO5. The molecule has 0 aliphatic carbocycles. The minimum atomic E-state index is -0.900. The van der Waals surface area contributed by atoms with E-state index >= 15 is 0 Å². The maximum atomic E-state index is 12.1. The largest absolute Gasteiger partial charge is 0.493 e. The van der Waals surface area contributed by atoms with Crippen molar-refractivity contribution in [3.63, 3.8) is 0 Å². The van der Waals surface area contributed by atoms with Crippen LogP contribution in [0.3, 0.4) is 0 Å². The van der Waals surface area contributed by atoms with Crippen LogP contribution in [-0.4, -0.2) is 37.2 Å². The van der Waals surface area contributed by atoms with E-state index in [9.17, 15) is 9.59 Å². The molecule has 130 valence electrons. The zero-order chi connectivity index (χ0) is 17.4. The zero-order valence-electron chi connectivity index (χ0n) is 14.0. The first-order chi connectivity index (χ1) is 11.6. The molecule has 1 aliphatic rings. The summed E-state index contributed by atoms with van der Waals surface area (Å²) in [5, 5.41) is 2.85. The van der Waals surface area contributed by atoms with Gasteiger partial charge in [0, 0.05) is 6.04 Å². The predicted molar refractivity (Wildman–Crippen MR) is 87.9 cm³/mol. The lowest BCUT2D eigenvalue weighted by Crippen LogP contribution is -2.41. The fraction of sp³-hybridized carbons (Fsp3) is 0.444. The maximum Gasteiger partial charge on any atom is 0.377 e. The molecule has 2 atom stereocenters. The van der Waals surface area contributed by atoms with Gasteiger partial charge in [-0.25, -0.2) is 4.79 Å². The topological polar surface area (TPSA) is 73.9 Å². The average molecular weight is 333 g/mol. The Balaban J connectivity index is 1.74. The number of aryl methyl sites for hydroxylation is 1. The first kappa shape index (κ1) is 17.8. The van der Waals surface area contributed by atoms with Crippen LogP contribution in [0.5, 0.6) is 0 Å². The SMILES string of the molecule is C[C@H](OC(=O)C1=COCCO1)C(=O)N[C@@H](C)CCc1ccccc1. The minimum Gasteiger partial charge on any atom is -0.493 e. The van der Waals surface area contributed by atoms with Crippen LogP contribution in [0.25, 0.3) is 0 Å². The van der Waals surface area contributed by atoms with Gasteiger partial charge in [-0.15, -0.1) is 0 Å². The van der Waals surface area contributed by atoms with Gasteiger partial charge in [0.2, 0.25) is 5.76 Å². The van der Waals surface area contributed by atoms with E-state index in [1.54, 1.807) is 0 Å². The van der Waals surface area contributed by atoms with Crippen LogP contribution in [0.4, 0.5) is 0 Å². The number of esters is 1. The first-order valence-corrected chi connectivity index (χ1v) is 8.06. The lowest BCUT2D eigenvalue weighted by Gasteiger charge is -2.19. The van der Waals surface area contributed by atoms with Crippen molar-refractivity contribution in [1.29, 1.82) is 0 Å². The quantitative estimate of drug-likeness (QED) is 0.772. The third-order valence-corrected chi connectivity index (χ3v) is 3.60. The second-order valence-electron chi connectivity index (χ2n) is 5.68. The van der Waals surface area contributed by atoms with E-state index in [1.807, 2.05) is 25.1 Å². The Morgan fingerprint density at radius 1 is 1.21 bits per heavy atom. The lowest BCUT2D eigenvalue weighted by atomic mass is 10.1.